The maximum atomic E-state index is 12.3. The minimum atomic E-state index is -0.151. The summed E-state index contributed by atoms with van der Waals surface area (Å²) >= 11 is 0. The van der Waals surface area contributed by atoms with Gasteiger partial charge in [-0.05, 0) is 31.4 Å². The Morgan fingerprint density at radius 1 is 1.12 bits per heavy atom. The number of rotatable bonds is 4. The third kappa shape index (κ3) is 3.85. The Balaban J connectivity index is 1.31. The molecule has 2 N–H and O–H groups in total. The molecule has 3 heterocycles. The van der Waals surface area contributed by atoms with Crippen LogP contribution in [0.25, 0.3) is 0 Å². The molecule has 1 aromatic heterocycles. The van der Waals surface area contributed by atoms with Crippen LogP contribution in [0.4, 0.5) is 10.6 Å². The Labute approximate surface area is 148 Å². The fourth-order valence-electron chi connectivity index (χ4n) is 4.02. The summed E-state index contributed by atoms with van der Waals surface area (Å²) in [5, 5.41) is 10.5. The van der Waals surface area contributed by atoms with E-state index in [2.05, 4.69) is 32.8 Å². The Hall–Kier alpha value is -2.34. The standard InChI is InChI=1S/C19H25N5O/c25-19(20-16-9-12-23-11-5-4-8-17(16)23)21-18-10-13-24(22-18)14-15-6-2-1-3-7-15/h1-3,6-7,10,13,16-17H,4-5,8-9,11-12,14H2,(H2,20,21,22,25)/t16-,17-/m0/s1. The summed E-state index contributed by atoms with van der Waals surface area (Å²) < 4.78 is 1.84. The number of carbonyl (C=O) groups excluding carboxylic acids is 1. The molecule has 2 aromatic rings. The first-order valence-electron chi connectivity index (χ1n) is 9.17. The molecular weight excluding hydrogens is 314 g/mol. The van der Waals surface area contributed by atoms with E-state index in [1.54, 1.807) is 0 Å². The van der Waals surface area contributed by atoms with Crippen LogP contribution < -0.4 is 10.6 Å². The summed E-state index contributed by atoms with van der Waals surface area (Å²) in [7, 11) is 0. The number of carbonyl (C=O) groups is 1. The van der Waals surface area contributed by atoms with E-state index >= 15 is 0 Å². The molecule has 0 saturated carbocycles. The molecule has 6 heteroatoms. The minimum absolute atomic E-state index is 0.151. The van der Waals surface area contributed by atoms with Gasteiger partial charge >= 0.3 is 6.03 Å². The number of hydrogen-bond donors (Lipinski definition) is 2. The van der Waals surface area contributed by atoms with Crippen LogP contribution in [0, 0.1) is 0 Å². The number of hydrogen-bond acceptors (Lipinski definition) is 3. The van der Waals surface area contributed by atoms with Crippen molar-refractivity contribution in [1.29, 1.82) is 0 Å². The predicted molar refractivity (Wildman–Crippen MR) is 97.5 cm³/mol. The molecule has 2 fully saturated rings. The molecule has 6 nitrogen and oxygen atoms in total. The molecule has 2 aliphatic heterocycles. The van der Waals surface area contributed by atoms with Crippen LogP contribution in [-0.4, -0.2) is 45.9 Å². The third-order valence-electron chi connectivity index (χ3n) is 5.24. The number of urea groups is 1. The van der Waals surface area contributed by atoms with Gasteiger partial charge in [-0.3, -0.25) is 14.9 Å². The Morgan fingerprint density at radius 2 is 2.00 bits per heavy atom. The van der Waals surface area contributed by atoms with Gasteiger partial charge in [-0.1, -0.05) is 36.8 Å². The molecule has 2 saturated heterocycles. The monoisotopic (exact) mass is 339 g/mol. The van der Waals surface area contributed by atoms with E-state index in [-0.39, 0.29) is 12.1 Å². The highest BCUT2D eigenvalue weighted by Gasteiger charge is 2.36. The first kappa shape index (κ1) is 16.1. The Bertz CT molecular complexity index is 714. The maximum Gasteiger partial charge on any atom is 0.320 e. The quantitative estimate of drug-likeness (QED) is 0.900. The number of aromatic nitrogens is 2. The second kappa shape index (κ2) is 7.27. The van der Waals surface area contributed by atoms with Crippen LogP contribution in [-0.2, 0) is 6.54 Å². The van der Waals surface area contributed by atoms with E-state index in [9.17, 15) is 4.79 Å². The van der Waals surface area contributed by atoms with Crippen molar-refractivity contribution in [2.45, 2.75) is 44.3 Å². The number of nitrogens with one attached hydrogen (secondary N) is 2. The van der Waals surface area contributed by atoms with Crippen molar-refractivity contribution in [3.05, 3.63) is 48.2 Å². The van der Waals surface area contributed by atoms with Crippen molar-refractivity contribution in [3.8, 4) is 0 Å². The van der Waals surface area contributed by atoms with Crippen LogP contribution in [0.15, 0.2) is 42.6 Å². The SMILES string of the molecule is O=C(Nc1ccn(Cc2ccccc2)n1)N[C@H]1CCN2CCCC[C@@H]12. The van der Waals surface area contributed by atoms with Crippen molar-refractivity contribution in [2.75, 3.05) is 18.4 Å². The lowest BCUT2D eigenvalue weighted by Gasteiger charge is -2.32. The van der Waals surface area contributed by atoms with Gasteiger partial charge in [0.15, 0.2) is 5.82 Å². The number of amides is 2. The molecule has 2 atom stereocenters. The Kier molecular flexibility index (Phi) is 4.70. The summed E-state index contributed by atoms with van der Waals surface area (Å²) in [4.78, 5) is 14.8. The average Bonchev–Trinajstić information content (AvgIpc) is 3.23. The lowest BCUT2D eigenvalue weighted by atomic mass is 9.99. The van der Waals surface area contributed by atoms with Gasteiger partial charge in [-0.2, -0.15) is 5.10 Å². The molecule has 2 aliphatic rings. The molecule has 4 rings (SSSR count). The van der Waals surface area contributed by atoms with Gasteiger partial charge in [-0.25, -0.2) is 4.79 Å². The first-order valence-corrected chi connectivity index (χ1v) is 9.17. The van der Waals surface area contributed by atoms with Gasteiger partial charge in [-0.15, -0.1) is 0 Å². The largest absolute Gasteiger partial charge is 0.333 e. The summed E-state index contributed by atoms with van der Waals surface area (Å²) in [6, 6.07) is 12.6. The third-order valence-corrected chi connectivity index (χ3v) is 5.24. The van der Waals surface area contributed by atoms with Crippen molar-refractivity contribution < 1.29 is 4.79 Å². The molecule has 0 bridgehead atoms. The Morgan fingerprint density at radius 3 is 2.88 bits per heavy atom. The smallest absolute Gasteiger partial charge is 0.320 e. The van der Waals surface area contributed by atoms with E-state index in [1.165, 1.54) is 31.4 Å². The highest BCUT2D eigenvalue weighted by molar-refractivity contribution is 5.88. The number of nitrogens with zero attached hydrogens (tertiary/aromatic N) is 3. The molecule has 132 valence electrons. The van der Waals surface area contributed by atoms with Gasteiger partial charge in [0.05, 0.1) is 6.54 Å². The van der Waals surface area contributed by atoms with Crippen LogP contribution in [0.2, 0.25) is 0 Å². The van der Waals surface area contributed by atoms with Crippen LogP contribution in [0.1, 0.15) is 31.2 Å². The number of benzene rings is 1. The van der Waals surface area contributed by atoms with Gasteiger partial charge < -0.3 is 5.32 Å². The summed E-state index contributed by atoms with van der Waals surface area (Å²) in [6.45, 7) is 2.97. The summed E-state index contributed by atoms with van der Waals surface area (Å²) in [5.41, 5.74) is 1.19. The second-order valence-corrected chi connectivity index (χ2v) is 6.98. The van der Waals surface area contributed by atoms with Crippen molar-refractivity contribution >= 4 is 11.8 Å². The fraction of sp³-hybridized carbons (Fsp3) is 0.474. The van der Waals surface area contributed by atoms with Crippen molar-refractivity contribution in [3.63, 3.8) is 0 Å². The summed E-state index contributed by atoms with van der Waals surface area (Å²) in [5.74, 6) is 0.590. The zero-order valence-corrected chi connectivity index (χ0v) is 14.4. The lowest BCUT2D eigenvalue weighted by Crippen LogP contribution is -2.48. The molecule has 0 spiro atoms. The molecular formula is C19H25N5O. The predicted octanol–water partition coefficient (Wildman–Crippen LogP) is 2.68. The van der Waals surface area contributed by atoms with Crippen molar-refractivity contribution in [2.24, 2.45) is 0 Å². The molecule has 0 aliphatic carbocycles. The van der Waals surface area contributed by atoms with Crippen molar-refractivity contribution in [1.82, 2.24) is 20.0 Å². The van der Waals surface area contributed by atoms with Gasteiger partial charge in [0.2, 0.25) is 0 Å². The molecule has 0 unspecified atom stereocenters. The van der Waals surface area contributed by atoms with E-state index < -0.39 is 0 Å². The topological polar surface area (TPSA) is 62.2 Å². The first-order chi connectivity index (χ1) is 12.3. The number of anilines is 1. The normalized spacial score (nSPS) is 23.2. The maximum absolute atomic E-state index is 12.3. The zero-order valence-electron chi connectivity index (χ0n) is 14.4. The minimum Gasteiger partial charge on any atom is -0.333 e. The van der Waals surface area contributed by atoms with Crippen LogP contribution in [0.5, 0.6) is 0 Å². The fourth-order valence-corrected chi connectivity index (χ4v) is 4.02. The molecule has 25 heavy (non-hydrogen) atoms. The van der Waals surface area contributed by atoms with Gasteiger partial charge in [0.25, 0.3) is 0 Å². The van der Waals surface area contributed by atoms with Crippen LogP contribution >= 0.6 is 0 Å². The number of fused-ring (bicyclic) bond motifs is 1. The van der Waals surface area contributed by atoms with Crippen LogP contribution in [0.3, 0.4) is 0 Å². The zero-order chi connectivity index (χ0) is 17.1. The van der Waals surface area contributed by atoms with E-state index in [1.807, 2.05) is 35.1 Å². The lowest BCUT2D eigenvalue weighted by molar-refractivity contribution is 0.180. The van der Waals surface area contributed by atoms with E-state index in [0.717, 1.165) is 13.0 Å². The second-order valence-electron chi connectivity index (χ2n) is 6.98. The van der Waals surface area contributed by atoms with E-state index in [4.69, 9.17) is 0 Å². The molecule has 1 aromatic carbocycles. The number of piperidine rings is 1. The van der Waals surface area contributed by atoms with Gasteiger partial charge in [0.1, 0.15) is 0 Å². The summed E-state index contributed by atoms with van der Waals surface area (Å²) in [6.07, 6.45) is 6.68. The average molecular weight is 339 g/mol. The van der Waals surface area contributed by atoms with E-state index in [0.29, 0.717) is 18.4 Å². The van der Waals surface area contributed by atoms with Gasteiger partial charge in [0, 0.05) is 30.9 Å². The highest BCUT2D eigenvalue weighted by Crippen LogP contribution is 2.27. The molecule has 0 radical (unpaired) electrons. The highest BCUT2D eigenvalue weighted by atomic mass is 16.2. The molecule has 2 amide bonds.